The van der Waals surface area contributed by atoms with Crippen LogP contribution in [0, 0.1) is 0 Å². The van der Waals surface area contributed by atoms with E-state index in [1.165, 1.54) is 112 Å². The number of benzene rings is 3. The summed E-state index contributed by atoms with van der Waals surface area (Å²) in [4.78, 5) is 0. The highest BCUT2D eigenvalue weighted by Gasteiger charge is 2.33. The van der Waals surface area contributed by atoms with E-state index in [0.717, 1.165) is 50.0 Å². The molecule has 4 heteroatoms. The van der Waals surface area contributed by atoms with E-state index < -0.39 is 7.60 Å². The molecular formula is C42H63O3P. The van der Waals surface area contributed by atoms with Gasteiger partial charge in [0.05, 0.1) is 5.30 Å². The van der Waals surface area contributed by atoms with E-state index in [9.17, 15) is 0 Å². The van der Waals surface area contributed by atoms with Crippen LogP contribution in [0.15, 0.2) is 66.7 Å². The Hall–Kier alpha value is -2.51. The largest absolute Gasteiger partial charge is 0.462 e. The van der Waals surface area contributed by atoms with E-state index in [4.69, 9.17) is 9.05 Å². The lowest BCUT2D eigenvalue weighted by Gasteiger charge is -2.25. The summed E-state index contributed by atoms with van der Waals surface area (Å²) in [6, 6.07) is 22.3. The molecule has 0 aliphatic rings. The van der Waals surface area contributed by atoms with Crippen LogP contribution in [0.5, 0.6) is 11.5 Å². The molecule has 0 saturated heterocycles. The summed E-state index contributed by atoms with van der Waals surface area (Å²) in [7, 11) is -3.77. The SMILES string of the molecule is CCCCCCc1cccc(OP(=O)(Oc2cccc(CCCCCC)c2CCCCCC)c2ccccc2)c1CCCCCC. The summed E-state index contributed by atoms with van der Waals surface area (Å²) in [6.45, 7) is 9.02. The molecular weight excluding hydrogens is 583 g/mol. The second-order valence-electron chi connectivity index (χ2n) is 13.0. The van der Waals surface area contributed by atoms with Gasteiger partial charge in [-0.1, -0.05) is 147 Å². The molecule has 0 spiro atoms. The molecule has 0 N–H and O–H groups in total. The van der Waals surface area contributed by atoms with E-state index in [0.29, 0.717) is 5.30 Å². The smallest absolute Gasteiger partial charge is 0.413 e. The van der Waals surface area contributed by atoms with Gasteiger partial charge in [0.2, 0.25) is 0 Å². The van der Waals surface area contributed by atoms with Crippen LogP contribution in [-0.2, 0) is 30.2 Å². The molecule has 0 aliphatic heterocycles. The molecule has 0 atom stereocenters. The maximum absolute atomic E-state index is 15.2. The summed E-state index contributed by atoms with van der Waals surface area (Å²) < 4.78 is 28.7. The number of rotatable bonds is 25. The topological polar surface area (TPSA) is 35.5 Å². The van der Waals surface area contributed by atoms with Gasteiger partial charge < -0.3 is 9.05 Å². The van der Waals surface area contributed by atoms with Crippen LogP contribution in [0.2, 0.25) is 0 Å². The first-order valence-corrected chi connectivity index (χ1v) is 20.4. The van der Waals surface area contributed by atoms with Gasteiger partial charge in [0, 0.05) is 0 Å². The van der Waals surface area contributed by atoms with Crippen LogP contribution in [0.4, 0.5) is 0 Å². The standard InChI is InChI=1S/C42H63O3P/c1-5-9-13-18-26-36-28-24-34-41(39(36)32-22-15-11-7-3)44-46(43,38-30-20-17-21-31-38)45-42-35-25-29-37(27-19-14-10-6-2)40(42)33-23-16-12-8-4/h17,20-21,24-25,28-31,34-35H,5-16,18-19,22-23,26-27,32-33H2,1-4H3. The first-order valence-electron chi connectivity index (χ1n) is 18.8. The predicted molar refractivity (Wildman–Crippen MR) is 199 cm³/mol. The number of aryl methyl sites for hydroxylation is 2. The van der Waals surface area contributed by atoms with Crippen molar-refractivity contribution in [2.45, 2.75) is 156 Å². The fourth-order valence-corrected chi connectivity index (χ4v) is 8.01. The number of hydrogen-bond donors (Lipinski definition) is 0. The first kappa shape index (κ1) is 37.9. The molecule has 0 radical (unpaired) electrons. The van der Waals surface area contributed by atoms with E-state index in [1.807, 2.05) is 42.5 Å². The average molecular weight is 647 g/mol. The van der Waals surface area contributed by atoms with Gasteiger partial charge in [-0.05, 0) is 97.9 Å². The maximum Gasteiger partial charge on any atom is 0.462 e. The van der Waals surface area contributed by atoms with Crippen LogP contribution in [0.1, 0.15) is 153 Å². The Bertz CT molecular complexity index is 1210. The van der Waals surface area contributed by atoms with Crippen molar-refractivity contribution in [1.29, 1.82) is 0 Å². The maximum atomic E-state index is 15.2. The molecule has 0 amide bonds. The summed E-state index contributed by atoms with van der Waals surface area (Å²) in [5, 5.41) is 0.602. The molecule has 0 heterocycles. The molecule has 0 aromatic heterocycles. The Balaban J connectivity index is 2.01. The third-order valence-electron chi connectivity index (χ3n) is 9.13. The van der Waals surface area contributed by atoms with E-state index in [1.54, 1.807) is 0 Å². The monoisotopic (exact) mass is 646 g/mol. The Kier molecular flexibility index (Phi) is 18.3. The van der Waals surface area contributed by atoms with E-state index >= 15 is 4.57 Å². The van der Waals surface area contributed by atoms with Crippen LogP contribution >= 0.6 is 7.60 Å². The summed E-state index contributed by atoms with van der Waals surface area (Å²) in [5.74, 6) is 1.44. The molecule has 3 aromatic carbocycles. The van der Waals surface area contributed by atoms with Crippen molar-refractivity contribution >= 4 is 12.9 Å². The molecule has 0 bridgehead atoms. The quantitative estimate of drug-likeness (QED) is 0.0679. The molecule has 3 aromatic rings. The van der Waals surface area contributed by atoms with Crippen LogP contribution in [0.3, 0.4) is 0 Å². The second kappa shape index (κ2) is 22.1. The highest BCUT2D eigenvalue weighted by molar-refractivity contribution is 7.63. The lowest BCUT2D eigenvalue weighted by Crippen LogP contribution is -2.16. The molecule has 0 aliphatic carbocycles. The van der Waals surface area contributed by atoms with Gasteiger partial charge in [-0.2, -0.15) is 0 Å². The van der Waals surface area contributed by atoms with Crippen molar-refractivity contribution in [2.24, 2.45) is 0 Å². The minimum Gasteiger partial charge on any atom is -0.413 e. The predicted octanol–water partition coefficient (Wildman–Crippen LogP) is 13.2. The second-order valence-corrected chi connectivity index (χ2v) is 14.9. The van der Waals surface area contributed by atoms with Gasteiger partial charge in [-0.25, -0.2) is 4.57 Å². The van der Waals surface area contributed by atoms with Crippen molar-refractivity contribution < 1.29 is 13.6 Å². The van der Waals surface area contributed by atoms with Crippen molar-refractivity contribution in [3.8, 4) is 11.5 Å². The zero-order chi connectivity index (χ0) is 32.9. The number of hydrogen-bond acceptors (Lipinski definition) is 3. The van der Waals surface area contributed by atoms with Gasteiger partial charge in [0.25, 0.3) is 0 Å². The van der Waals surface area contributed by atoms with Crippen molar-refractivity contribution in [3.63, 3.8) is 0 Å². The first-order chi connectivity index (χ1) is 22.6. The fraction of sp³-hybridized carbons (Fsp3) is 0.571. The van der Waals surface area contributed by atoms with Gasteiger partial charge in [0.15, 0.2) is 0 Å². The Labute approximate surface area is 282 Å². The van der Waals surface area contributed by atoms with Crippen LogP contribution < -0.4 is 14.4 Å². The van der Waals surface area contributed by atoms with Gasteiger partial charge in [-0.3, -0.25) is 0 Å². The van der Waals surface area contributed by atoms with E-state index in [-0.39, 0.29) is 0 Å². The lowest BCUT2D eigenvalue weighted by molar-refractivity contribution is 0.394. The van der Waals surface area contributed by atoms with Crippen molar-refractivity contribution in [1.82, 2.24) is 0 Å². The fourth-order valence-electron chi connectivity index (χ4n) is 6.36. The van der Waals surface area contributed by atoms with Gasteiger partial charge in [-0.15, -0.1) is 0 Å². The third kappa shape index (κ3) is 12.6. The minimum absolute atomic E-state index is 0.602. The Morgan fingerprint density at radius 3 is 1.22 bits per heavy atom. The summed E-state index contributed by atoms with van der Waals surface area (Å²) >= 11 is 0. The molecule has 46 heavy (non-hydrogen) atoms. The molecule has 0 fully saturated rings. The zero-order valence-electron chi connectivity index (χ0n) is 29.7. The molecule has 0 saturated carbocycles. The van der Waals surface area contributed by atoms with E-state index in [2.05, 4.69) is 52.0 Å². The average Bonchev–Trinajstić information content (AvgIpc) is 3.07. The van der Waals surface area contributed by atoms with Crippen molar-refractivity contribution in [3.05, 3.63) is 89.0 Å². The summed E-state index contributed by atoms with van der Waals surface area (Å²) in [6.07, 6.45) is 23.2. The highest BCUT2D eigenvalue weighted by Crippen LogP contribution is 2.50. The van der Waals surface area contributed by atoms with Gasteiger partial charge in [0.1, 0.15) is 11.5 Å². The molecule has 0 unspecified atom stereocenters. The highest BCUT2D eigenvalue weighted by atomic mass is 31.2. The van der Waals surface area contributed by atoms with Crippen molar-refractivity contribution in [2.75, 3.05) is 0 Å². The lowest BCUT2D eigenvalue weighted by atomic mass is 9.96. The normalized spacial score (nSPS) is 11.6. The Morgan fingerprint density at radius 1 is 0.435 bits per heavy atom. The number of unbranched alkanes of at least 4 members (excludes halogenated alkanes) is 12. The molecule has 3 rings (SSSR count). The molecule has 254 valence electrons. The zero-order valence-corrected chi connectivity index (χ0v) is 30.6. The minimum atomic E-state index is -3.77. The van der Waals surface area contributed by atoms with Crippen LogP contribution in [0.25, 0.3) is 0 Å². The third-order valence-corrected chi connectivity index (χ3v) is 10.9. The Morgan fingerprint density at radius 2 is 0.826 bits per heavy atom. The van der Waals surface area contributed by atoms with Crippen LogP contribution in [-0.4, -0.2) is 0 Å². The van der Waals surface area contributed by atoms with Gasteiger partial charge >= 0.3 is 7.60 Å². The molecule has 3 nitrogen and oxygen atoms in total. The summed E-state index contributed by atoms with van der Waals surface area (Å²) in [5.41, 5.74) is 5.07.